The van der Waals surface area contributed by atoms with Crippen LogP contribution in [0.1, 0.15) is 54.2 Å². The second-order valence-electron chi connectivity index (χ2n) is 11.0. The summed E-state index contributed by atoms with van der Waals surface area (Å²) in [7, 11) is -0.715. The maximum Gasteiger partial charge on any atom is 0.494 e. The zero-order valence-corrected chi connectivity index (χ0v) is 21.6. The molecule has 0 bridgehead atoms. The van der Waals surface area contributed by atoms with Gasteiger partial charge in [-0.25, -0.2) is 18.3 Å². The monoisotopic (exact) mass is 496 g/mol. The van der Waals surface area contributed by atoms with Gasteiger partial charge < -0.3 is 14.6 Å². The zero-order chi connectivity index (χ0) is 26.5. The number of benzene rings is 2. The van der Waals surface area contributed by atoms with E-state index in [1.807, 2.05) is 48.5 Å². The van der Waals surface area contributed by atoms with Gasteiger partial charge in [-0.05, 0) is 69.6 Å². The Labute approximate surface area is 210 Å². The minimum atomic E-state index is -0.715. The van der Waals surface area contributed by atoms with Crippen LogP contribution in [0.2, 0.25) is 0 Å². The summed E-state index contributed by atoms with van der Waals surface area (Å²) in [6.45, 7) is 13.7. The average Bonchev–Trinajstić information content (AvgIpc) is 3.27. The van der Waals surface area contributed by atoms with Crippen molar-refractivity contribution in [1.82, 2.24) is 9.78 Å². The van der Waals surface area contributed by atoms with E-state index in [2.05, 4.69) is 15.7 Å². The maximum absolute atomic E-state index is 14.9. The molecule has 4 rings (SSSR count). The Balaban J connectivity index is 1.53. The zero-order valence-electron chi connectivity index (χ0n) is 21.6. The van der Waals surface area contributed by atoms with Crippen molar-refractivity contribution in [3.8, 4) is 5.69 Å². The summed E-state index contributed by atoms with van der Waals surface area (Å²) in [4.78, 5) is 12.8. The van der Waals surface area contributed by atoms with Crippen molar-refractivity contribution in [2.24, 2.45) is 0 Å². The van der Waals surface area contributed by atoms with E-state index in [9.17, 15) is 13.6 Å². The molecule has 36 heavy (non-hydrogen) atoms. The van der Waals surface area contributed by atoms with Crippen molar-refractivity contribution in [3.05, 3.63) is 65.9 Å². The van der Waals surface area contributed by atoms with E-state index in [4.69, 9.17) is 9.31 Å². The van der Waals surface area contributed by atoms with Gasteiger partial charge in [0, 0.05) is 11.5 Å². The van der Waals surface area contributed by atoms with Crippen LogP contribution >= 0.6 is 0 Å². The van der Waals surface area contributed by atoms with Crippen molar-refractivity contribution in [2.45, 2.75) is 65.1 Å². The topological polar surface area (TPSA) is 77.4 Å². The summed E-state index contributed by atoms with van der Waals surface area (Å²) in [6.07, 6.45) is 0. The van der Waals surface area contributed by atoms with E-state index >= 15 is 0 Å². The average molecular weight is 496 g/mol. The molecule has 0 radical (unpaired) electrons. The van der Waals surface area contributed by atoms with Gasteiger partial charge in [0.15, 0.2) is 0 Å². The molecule has 10 heteroatoms. The number of nitrogens with zero attached hydrogens (tertiary/aromatic N) is 2. The molecule has 1 aliphatic heterocycles. The highest BCUT2D eigenvalue weighted by atomic mass is 19.1. The van der Waals surface area contributed by atoms with E-state index in [-0.39, 0.29) is 16.9 Å². The van der Waals surface area contributed by atoms with E-state index in [1.54, 1.807) is 24.3 Å². The molecule has 0 atom stereocenters. The Morgan fingerprint density at radius 3 is 2.11 bits per heavy atom. The smallest absolute Gasteiger partial charge is 0.399 e. The molecular weight excluding hydrogens is 465 g/mol. The number of carbonyl (C=O) groups excluding carboxylic acids is 1. The first kappa shape index (κ1) is 25.8. The first-order valence-electron chi connectivity index (χ1n) is 11.8. The lowest BCUT2D eigenvalue weighted by atomic mass is 9.79. The van der Waals surface area contributed by atoms with E-state index in [0.717, 1.165) is 5.69 Å². The van der Waals surface area contributed by atoms with Gasteiger partial charge >= 0.3 is 13.1 Å². The molecule has 0 saturated carbocycles. The number of nitrogens with one attached hydrogen (secondary N) is 2. The Morgan fingerprint density at radius 2 is 1.56 bits per heavy atom. The molecular formula is C26H31BF2N4O3. The lowest BCUT2D eigenvalue weighted by Crippen LogP contribution is -2.41. The summed E-state index contributed by atoms with van der Waals surface area (Å²) in [5, 5.41) is 9.85. The largest absolute Gasteiger partial charge is 0.494 e. The molecule has 0 unspecified atom stereocenters. The van der Waals surface area contributed by atoms with Crippen molar-refractivity contribution in [2.75, 3.05) is 10.6 Å². The summed E-state index contributed by atoms with van der Waals surface area (Å²) in [6, 6.07) is 11.2. The van der Waals surface area contributed by atoms with Gasteiger partial charge in [-0.2, -0.15) is 5.10 Å². The highest BCUT2D eigenvalue weighted by Gasteiger charge is 2.51. The van der Waals surface area contributed by atoms with Gasteiger partial charge in [0.25, 0.3) is 0 Å². The summed E-state index contributed by atoms with van der Waals surface area (Å²) in [5.74, 6) is -0.647. The van der Waals surface area contributed by atoms with E-state index in [1.165, 1.54) is 28.9 Å². The van der Waals surface area contributed by atoms with Gasteiger partial charge in [-0.1, -0.05) is 26.8 Å². The van der Waals surface area contributed by atoms with Crippen LogP contribution in [-0.4, -0.2) is 34.1 Å². The molecule has 190 valence electrons. The quantitative estimate of drug-likeness (QED) is 0.475. The predicted octanol–water partition coefficient (Wildman–Crippen LogP) is 5.39. The Morgan fingerprint density at radius 1 is 0.944 bits per heavy atom. The van der Waals surface area contributed by atoms with Crippen LogP contribution in [0.4, 0.5) is 25.1 Å². The van der Waals surface area contributed by atoms with Crippen molar-refractivity contribution in [1.29, 1.82) is 0 Å². The van der Waals surface area contributed by atoms with Crippen molar-refractivity contribution >= 4 is 30.1 Å². The number of amides is 2. The Hall–Kier alpha value is -3.24. The van der Waals surface area contributed by atoms with Crippen LogP contribution in [0.5, 0.6) is 0 Å². The number of anilines is 2. The van der Waals surface area contributed by atoms with Crippen LogP contribution in [0, 0.1) is 11.6 Å². The molecule has 0 spiro atoms. The molecule has 2 heterocycles. The molecule has 7 nitrogen and oxygen atoms in total. The summed E-state index contributed by atoms with van der Waals surface area (Å²) < 4.78 is 41.8. The Bertz CT molecular complexity index is 1270. The number of rotatable bonds is 4. The van der Waals surface area contributed by atoms with Crippen LogP contribution in [0.15, 0.2) is 48.5 Å². The normalized spacial score (nSPS) is 16.8. The minimum Gasteiger partial charge on any atom is -0.399 e. The molecule has 1 aliphatic rings. The van der Waals surface area contributed by atoms with Gasteiger partial charge in [0.2, 0.25) is 0 Å². The first-order valence-corrected chi connectivity index (χ1v) is 11.8. The van der Waals surface area contributed by atoms with Crippen LogP contribution in [0.25, 0.3) is 5.69 Å². The lowest BCUT2D eigenvalue weighted by Gasteiger charge is -2.32. The molecule has 1 fully saturated rings. The number of aromatic nitrogens is 2. The number of hydrogen-bond donors (Lipinski definition) is 2. The fourth-order valence-electron chi connectivity index (χ4n) is 3.64. The first-order chi connectivity index (χ1) is 16.7. The fourth-order valence-corrected chi connectivity index (χ4v) is 3.64. The standard InChI is InChI=1S/C26H31BF2N4O3/c1-24(2,3)21-15-22(33(32-21)18-11-9-17(28)10-12-18)31-23(34)30-20-13-8-16(14-19(20)29)27-35-25(4,5)26(6,7)36-27/h8-15H,1-7H3,(H2,30,31,34). The SMILES string of the molecule is CC(C)(C)c1cc(NC(=O)Nc2ccc(B3OC(C)(C)C(C)(C)O3)cc2F)n(-c2ccc(F)cc2)n1. The van der Waals surface area contributed by atoms with E-state index in [0.29, 0.717) is 17.0 Å². The highest BCUT2D eigenvalue weighted by Crippen LogP contribution is 2.36. The molecule has 2 N–H and O–H groups in total. The number of carbonyl (C=O) groups is 1. The number of halogens is 2. The molecule has 2 aromatic carbocycles. The van der Waals surface area contributed by atoms with Gasteiger partial charge in [-0.3, -0.25) is 5.32 Å². The number of urea groups is 1. The molecule has 3 aromatic rings. The number of hydrogen-bond acceptors (Lipinski definition) is 4. The molecule has 1 aromatic heterocycles. The van der Waals surface area contributed by atoms with Crippen molar-refractivity contribution < 1.29 is 22.9 Å². The lowest BCUT2D eigenvalue weighted by molar-refractivity contribution is 0.00578. The third-order valence-corrected chi connectivity index (χ3v) is 6.56. The molecule has 1 saturated heterocycles. The third kappa shape index (κ3) is 5.15. The highest BCUT2D eigenvalue weighted by molar-refractivity contribution is 6.62. The van der Waals surface area contributed by atoms with Crippen LogP contribution < -0.4 is 16.1 Å². The van der Waals surface area contributed by atoms with Gasteiger partial charge in [0.05, 0.1) is 28.3 Å². The van der Waals surface area contributed by atoms with Crippen molar-refractivity contribution in [3.63, 3.8) is 0 Å². The summed E-state index contributed by atoms with van der Waals surface area (Å²) in [5.41, 5.74) is 0.403. The second-order valence-corrected chi connectivity index (χ2v) is 11.0. The molecule has 0 aliphatic carbocycles. The maximum atomic E-state index is 14.9. The van der Waals surface area contributed by atoms with Gasteiger partial charge in [0.1, 0.15) is 17.5 Å². The predicted molar refractivity (Wildman–Crippen MR) is 137 cm³/mol. The van der Waals surface area contributed by atoms with E-state index < -0.39 is 30.2 Å². The van der Waals surface area contributed by atoms with Gasteiger partial charge in [-0.15, -0.1) is 0 Å². The second kappa shape index (κ2) is 9.01. The fraction of sp³-hybridized carbons (Fsp3) is 0.385. The van der Waals surface area contributed by atoms with Crippen LogP contribution in [0.3, 0.4) is 0 Å². The Kier molecular flexibility index (Phi) is 6.47. The minimum absolute atomic E-state index is 0.00309. The third-order valence-electron chi connectivity index (χ3n) is 6.56. The van der Waals surface area contributed by atoms with Crippen LogP contribution in [-0.2, 0) is 14.7 Å². The molecule has 2 amide bonds. The summed E-state index contributed by atoms with van der Waals surface area (Å²) >= 11 is 0.